The molecule has 2 amide bonds. The second-order valence-electron chi connectivity index (χ2n) is 8.69. The van der Waals surface area contributed by atoms with Gasteiger partial charge >= 0.3 is 0 Å². The maximum Gasteiger partial charge on any atom is 0.251 e. The predicted molar refractivity (Wildman–Crippen MR) is 124 cm³/mol. The summed E-state index contributed by atoms with van der Waals surface area (Å²) in [6.07, 6.45) is 1.89. The van der Waals surface area contributed by atoms with Crippen LogP contribution in [0.25, 0.3) is 11.0 Å². The van der Waals surface area contributed by atoms with Crippen LogP contribution in [0.4, 0.5) is 0 Å². The molecule has 2 aromatic carbocycles. The van der Waals surface area contributed by atoms with Crippen molar-refractivity contribution in [2.75, 3.05) is 20.2 Å². The highest BCUT2D eigenvalue weighted by Crippen LogP contribution is 2.27. The number of carbonyl (C=O) groups excluding carboxylic acids is 2. The highest BCUT2D eigenvalue weighted by molar-refractivity contribution is 5.97. The molecule has 1 aliphatic heterocycles. The number of benzene rings is 2. The number of imidazole rings is 1. The Labute approximate surface area is 188 Å². The first kappa shape index (κ1) is 21.9. The van der Waals surface area contributed by atoms with Crippen LogP contribution in [0.3, 0.4) is 0 Å². The molecule has 7 nitrogen and oxygen atoms in total. The van der Waals surface area contributed by atoms with Gasteiger partial charge in [-0.15, -0.1) is 0 Å². The average Bonchev–Trinajstić information content (AvgIpc) is 3.26. The molecule has 3 aromatic rings. The largest absolute Gasteiger partial charge is 0.497 e. The van der Waals surface area contributed by atoms with Gasteiger partial charge in [-0.2, -0.15) is 0 Å². The van der Waals surface area contributed by atoms with E-state index in [-0.39, 0.29) is 23.7 Å². The summed E-state index contributed by atoms with van der Waals surface area (Å²) in [6.45, 7) is 5.20. The number of ether oxygens (including phenoxy) is 1. The van der Waals surface area contributed by atoms with E-state index in [9.17, 15) is 9.59 Å². The van der Waals surface area contributed by atoms with Crippen molar-refractivity contribution >= 4 is 22.8 Å². The first-order valence-electron chi connectivity index (χ1n) is 11.1. The highest BCUT2D eigenvalue weighted by atomic mass is 16.5. The Kier molecular flexibility index (Phi) is 6.44. The average molecular weight is 435 g/mol. The number of nitrogens with zero attached hydrogens (tertiary/aromatic N) is 2. The Morgan fingerprint density at radius 3 is 2.59 bits per heavy atom. The molecule has 1 aliphatic rings. The fourth-order valence-electron chi connectivity index (χ4n) is 4.24. The van der Waals surface area contributed by atoms with Crippen LogP contribution in [0.1, 0.15) is 48.8 Å². The minimum Gasteiger partial charge on any atom is -0.497 e. The smallest absolute Gasteiger partial charge is 0.251 e. The van der Waals surface area contributed by atoms with Crippen molar-refractivity contribution in [2.45, 2.75) is 38.6 Å². The maximum absolute atomic E-state index is 13.4. The van der Waals surface area contributed by atoms with Gasteiger partial charge in [-0.1, -0.05) is 26.0 Å². The van der Waals surface area contributed by atoms with Crippen molar-refractivity contribution in [3.63, 3.8) is 0 Å². The molecule has 7 heteroatoms. The van der Waals surface area contributed by atoms with Crippen LogP contribution in [-0.2, 0) is 4.79 Å². The van der Waals surface area contributed by atoms with Crippen molar-refractivity contribution in [1.82, 2.24) is 20.2 Å². The molecule has 0 unspecified atom stereocenters. The topological polar surface area (TPSA) is 87.3 Å². The van der Waals surface area contributed by atoms with Crippen LogP contribution >= 0.6 is 0 Å². The van der Waals surface area contributed by atoms with Gasteiger partial charge in [0.2, 0.25) is 5.91 Å². The molecule has 32 heavy (non-hydrogen) atoms. The standard InChI is InChI=1S/C25H30N4O3/c1-16(2)22(28-24(30)17-10-12-19(32-3)13-11-17)25(31)29-14-6-7-18(15-29)23-26-20-8-4-5-9-21(20)27-23/h4-5,8-13,16,18,22H,6-7,14-15H2,1-3H3,(H,26,27)(H,28,30)/t18-,22+/m1/s1. The highest BCUT2D eigenvalue weighted by Gasteiger charge is 2.33. The number of methoxy groups -OCH3 is 1. The van der Waals surface area contributed by atoms with Gasteiger partial charge in [-0.05, 0) is 55.2 Å². The molecule has 0 aliphatic carbocycles. The summed E-state index contributed by atoms with van der Waals surface area (Å²) in [6, 6.07) is 14.3. The molecule has 0 saturated carbocycles. The molecule has 2 atom stereocenters. The molecule has 0 radical (unpaired) electrons. The molecule has 168 valence electrons. The summed E-state index contributed by atoms with van der Waals surface area (Å²) < 4.78 is 5.15. The molecule has 0 bridgehead atoms. The fraction of sp³-hybridized carbons (Fsp3) is 0.400. The third kappa shape index (κ3) is 4.61. The maximum atomic E-state index is 13.4. The molecule has 1 saturated heterocycles. The van der Waals surface area contributed by atoms with Crippen molar-refractivity contribution in [3.8, 4) is 5.75 Å². The molecular weight excluding hydrogens is 404 g/mol. The quantitative estimate of drug-likeness (QED) is 0.619. The molecule has 4 rings (SSSR count). The second-order valence-corrected chi connectivity index (χ2v) is 8.69. The van der Waals surface area contributed by atoms with Gasteiger partial charge in [0.05, 0.1) is 18.1 Å². The van der Waals surface area contributed by atoms with E-state index in [1.807, 2.05) is 43.0 Å². The minimum atomic E-state index is -0.584. The van der Waals surface area contributed by atoms with Crippen LogP contribution < -0.4 is 10.1 Å². The number of hydrogen-bond acceptors (Lipinski definition) is 4. The lowest BCUT2D eigenvalue weighted by Gasteiger charge is -2.35. The van der Waals surface area contributed by atoms with Gasteiger partial charge in [-0.3, -0.25) is 9.59 Å². The lowest BCUT2D eigenvalue weighted by Crippen LogP contribution is -2.53. The SMILES string of the molecule is COc1ccc(C(=O)N[C@H](C(=O)N2CCC[C@@H](c3nc4ccccc4[nH]3)C2)C(C)C)cc1. The summed E-state index contributed by atoms with van der Waals surface area (Å²) in [5.74, 6) is 1.43. The van der Waals surface area contributed by atoms with Crippen LogP contribution in [0.15, 0.2) is 48.5 Å². The summed E-state index contributed by atoms with van der Waals surface area (Å²) in [4.78, 5) is 36.2. The monoisotopic (exact) mass is 434 g/mol. The molecule has 0 spiro atoms. The van der Waals surface area contributed by atoms with E-state index in [1.165, 1.54) is 0 Å². The minimum absolute atomic E-state index is 0.0312. The number of likely N-dealkylation sites (tertiary alicyclic amines) is 1. The number of rotatable bonds is 6. The number of nitrogens with one attached hydrogen (secondary N) is 2. The molecule has 2 heterocycles. The Morgan fingerprint density at radius 2 is 1.91 bits per heavy atom. The van der Waals surface area contributed by atoms with E-state index < -0.39 is 6.04 Å². The van der Waals surface area contributed by atoms with E-state index in [2.05, 4.69) is 10.3 Å². The van der Waals surface area contributed by atoms with Crippen LogP contribution in [-0.4, -0.2) is 52.9 Å². The lowest BCUT2D eigenvalue weighted by atomic mass is 9.95. The van der Waals surface area contributed by atoms with Crippen molar-refractivity contribution in [1.29, 1.82) is 0 Å². The third-order valence-corrected chi connectivity index (χ3v) is 6.10. The van der Waals surface area contributed by atoms with Gasteiger partial charge in [0, 0.05) is 24.6 Å². The number of H-pyrrole nitrogens is 1. The fourth-order valence-corrected chi connectivity index (χ4v) is 4.24. The van der Waals surface area contributed by atoms with Gasteiger partial charge in [-0.25, -0.2) is 4.98 Å². The number of fused-ring (bicyclic) bond motifs is 1. The van der Waals surface area contributed by atoms with E-state index in [0.29, 0.717) is 24.4 Å². The van der Waals surface area contributed by atoms with Crippen LogP contribution in [0, 0.1) is 5.92 Å². The van der Waals surface area contributed by atoms with Crippen LogP contribution in [0.5, 0.6) is 5.75 Å². The number of carbonyl (C=O) groups is 2. The first-order valence-corrected chi connectivity index (χ1v) is 11.1. The zero-order valence-electron chi connectivity index (χ0n) is 18.8. The van der Waals surface area contributed by atoms with E-state index >= 15 is 0 Å². The molecular formula is C25H30N4O3. The van der Waals surface area contributed by atoms with Crippen molar-refractivity contribution < 1.29 is 14.3 Å². The van der Waals surface area contributed by atoms with Gasteiger partial charge in [0.25, 0.3) is 5.91 Å². The predicted octanol–water partition coefficient (Wildman–Crippen LogP) is 3.73. The number of piperidine rings is 1. The summed E-state index contributed by atoms with van der Waals surface area (Å²) >= 11 is 0. The first-order chi connectivity index (χ1) is 15.5. The summed E-state index contributed by atoms with van der Waals surface area (Å²) in [5.41, 5.74) is 2.46. The number of hydrogen-bond donors (Lipinski definition) is 2. The van der Waals surface area contributed by atoms with E-state index in [4.69, 9.17) is 9.72 Å². The number of aromatic amines is 1. The third-order valence-electron chi connectivity index (χ3n) is 6.10. The van der Waals surface area contributed by atoms with Crippen LogP contribution in [0.2, 0.25) is 0 Å². The van der Waals surface area contributed by atoms with Crippen molar-refractivity contribution in [2.24, 2.45) is 5.92 Å². The Morgan fingerprint density at radius 1 is 1.16 bits per heavy atom. The van der Waals surface area contributed by atoms with Crippen molar-refractivity contribution in [3.05, 3.63) is 59.9 Å². The number of aromatic nitrogens is 2. The van der Waals surface area contributed by atoms with Gasteiger partial charge in [0.1, 0.15) is 17.6 Å². The molecule has 2 N–H and O–H groups in total. The van der Waals surface area contributed by atoms with E-state index in [1.54, 1.807) is 31.4 Å². The Bertz CT molecular complexity index is 1060. The number of para-hydroxylation sites is 2. The molecule has 1 aromatic heterocycles. The van der Waals surface area contributed by atoms with E-state index in [0.717, 1.165) is 29.7 Å². The second kappa shape index (κ2) is 9.42. The Hall–Kier alpha value is -3.35. The summed E-state index contributed by atoms with van der Waals surface area (Å²) in [5, 5.41) is 2.95. The normalized spacial score (nSPS) is 17.4. The van der Waals surface area contributed by atoms with Gasteiger partial charge in [0.15, 0.2) is 0 Å². The summed E-state index contributed by atoms with van der Waals surface area (Å²) in [7, 11) is 1.58. The zero-order chi connectivity index (χ0) is 22.7. The van der Waals surface area contributed by atoms with Gasteiger partial charge < -0.3 is 19.9 Å². The molecule has 1 fully saturated rings. The Balaban J connectivity index is 1.46. The zero-order valence-corrected chi connectivity index (χ0v) is 18.8. The lowest BCUT2D eigenvalue weighted by molar-refractivity contribution is -0.135. The number of amides is 2.